The zero-order valence-electron chi connectivity index (χ0n) is 7.53. The van der Waals surface area contributed by atoms with Crippen LogP contribution in [0.5, 0.6) is 5.75 Å². The van der Waals surface area contributed by atoms with E-state index in [1.54, 1.807) is 19.2 Å². The summed E-state index contributed by atoms with van der Waals surface area (Å²) in [5.74, 6) is 0.736. The van der Waals surface area contributed by atoms with Crippen molar-refractivity contribution in [2.75, 3.05) is 13.0 Å². The summed E-state index contributed by atoms with van der Waals surface area (Å²) in [6.07, 6.45) is 0.613. The summed E-state index contributed by atoms with van der Waals surface area (Å²) < 4.78 is 5.12. The van der Waals surface area contributed by atoms with Crippen molar-refractivity contribution in [1.29, 1.82) is 0 Å². The Kier molecular flexibility index (Phi) is 4.06. The van der Waals surface area contributed by atoms with Crippen molar-refractivity contribution >= 4 is 11.6 Å². The highest BCUT2D eigenvalue weighted by atomic mass is 35.5. The van der Waals surface area contributed by atoms with Crippen molar-refractivity contribution in [3.8, 4) is 5.75 Å². The van der Waals surface area contributed by atoms with Gasteiger partial charge >= 0.3 is 0 Å². The van der Waals surface area contributed by atoms with Gasteiger partial charge in [0.25, 0.3) is 0 Å². The second-order valence-electron chi connectivity index (χ2n) is 2.84. The molecule has 1 unspecified atom stereocenters. The third kappa shape index (κ3) is 2.90. The number of halogens is 1. The molecular formula is C10H13ClO2. The van der Waals surface area contributed by atoms with E-state index in [4.69, 9.17) is 16.3 Å². The molecule has 72 valence electrons. The summed E-state index contributed by atoms with van der Waals surface area (Å²) >= 11 is 5.66. The van der Waals surface area contributed by atoms with E-state index in [9.17, 15) is 5.11 Å². The third-order valence-electron chi connectivity index (χ3n) is 1.94. The lowest BCUT2D eigenvalue weighted by atomic mass is 10.1. The number of benzene rings is 1. The summed E-state index contributed by atoms with van der Waals surface area (Å²) in [7, 11) is 1.62. The lowest BCUT2D eigenvalue weighted by Crippen LogP contribution is -2.15. The van der Waals surface area contributed by atoms with Gasteiger partial charge in [-0.1, -0.05) is 18.2 Å². The van der Waals surface area contributed by atoms with Gasteiger partial charge in [0, 0.05) is 19.4 Å². The van der Waals surface area contributed by atoms with Gasteiger partial charge in [-0.25, -0.2) is 0 Å². The highest BCUT2D eigenvalue weighted by Crippen LogP contribution is 2.18. The Bertz CT molecular complexity index is 259. The van der Waals surface area contributed by atoms with E-state index in [0.717, 1.165) is 5.56 Å². The number of hydrogen-bond donors (Lipinski definition) is 1. The van der Waals surface area contributed by atoms with E-state index >= 15 is 0 Å². The Hall–Kier alpha value is -0.730. The zero-order chi connectivity index (χ0) is 9.68. The van der Waals surface area contributed by atoms with E-state index in [1.165, 1.54) is 0 Å². The Morgan fingerprint density at radius 2 is 2.15 bits per heavy atom. The minimum Gasteiger partial charge on any atom is -0.508 e. The fraction of sp³-hybridized carbons (Fsp3) is 0.400. The first-order chi connectivity index (χ1) is 6.27. The molecule has 0 aliphatic heterocycles. The van der Waals surface area contributed by atoms with Crippen LogP contribution in [0.15, 0.2) is 24.3 Å². The Morgan fingerprint density at radius 1 is 1.46 bits per heavy atom. The van der Waals surface area contributed by atoms with E-state index in [0.29, 0.717) is 18.1 Å². The fourth-order valence-corrected chi connectivity index (χ4v) is 1.36. The van der Waals surface area contributed by atoms with Crippen molar-refractivity contribution in [2.45, 2.75) is 12.5 Å². The van der Waals surface area contributed by atoms with Gasteiger partial charge in [0.2, 0.25) is 0 Å². The van der Waals surface area contributed by atoms with Crippen molar-refractivity contribution in [3.05, 3.63) is 29.8 Å². The highest BCUT2D eigenvalue weighted by molar-refractivity contribution is 6.18. The predicted molar refractivity (Wildman–Crippen MR) is 53.3 cm³/mol. The molecule has 0 aliphatic carbocycles. The van der Waals surface area contributed by atoms with Crippen LogP contribution in [0.4, 0.5) is 0 Å². The molecule has 0 heterocycles. The zero-order valence-corrected chi connectivity index (χ0v) is 8.29. The fourth-order valence-electron chi connectivity index (χ4n) is 1.13. The van der Waals surface area contributed by atoms with E-state index in [-0.39, 0.29) is 6.10 Å². The van der Waals surface area contributed by atoms with Gasteiger partial charge in [0.15, 0.2) is 0 Å². The molecular weight excluding hydrogens is 188 g/mol. The van der Waals surface area contributed by atoms with Crippen molar-refractivity contribution in [2.24, 2.45) is 0 Å². The second-order valence-corrected chi connectivity index (χ2v) is 3.15. The van der Waals surface area contributed by atoms with Crippen LogP contribution in [0.3, 0.4) is 0 Å². The molecule has 0 spiro atoms. The molecule has 1 aromatic carbocycles. The average Bonchev–Trinajstić information content (AvgIpc) is 2.17. The van der Waals surface area contributed by atoms with E-state index < -0.39 is 0 Å². The highest BCUT2D eigenvalue weighted by Gasteiger charge is 2.08. The monoisotopic (exact) mass is 200 g/mol. The van der Waals surface area contributed by atoms with Gasteiger partial charge in [-0.2, -0.15) is 0 Å². The van der Waals surface area contributed by atoms with Crippen LogP contribution in [0, 0.1) is 0 Å². The van der Waals surface area contributed by atoms with Gasteiger partial charge in [0.05, 0.1) is 6.10 Å². The molecule has 0 amide bonds. The summed E-state index contributed by atoms with van der Waals surface area (Å²) in [4.78, 5) is 0. The molecule has 0 fully saturated rings. The maximum absolute atomic E-state index is 9.45. The quantitative estimate of drug-likeness (QED) is 0.756. The van der Waals surface area contributed by atoms with Crippen LogP contribution in [0.2, 0.25) is 0 Å². The maximum atomic E-state index is 9.45. The molecule has 0 bridgehead atoms. The number of alkyl halides is 1. The first-order valence-corrected chi connectivity index (χ1v) is 4.67. The molecule has 0 radical (unpaired) electrons. The topological polar surface area (TPSA) is 29.5 Å². The molecule has 0 saturated heterocycles. The number of hydrogen-bond acceptors (Lipinski definition) is 2. The summed E-state index contributed by atoms with van der Waals surface area (Å²) in [6, 6.07) is 7.21. The van der Waals surface area contributed by atoms with Gasteiger partial charge in [-0.3, -0.25) is 0 Å². The molecule has 1 N–H and O–H groups in total. The van der Waals surface area contributed by atoms with Crippen molar-refractivity contribution in [1.82, 2.24) is 0 Å². The largest absolute Gasteiger partial charge is 0.508 e. The average molecular weight is 201 g/mol. The summed E-state index contributed by atoms with van der Waals surface area (Å²) in [5, 5.41) is 9.45. The van der Waals surface area contributed by atoms with Crippen LogP contribution >= 0.6 is 11.6 Å². The predicted octanol–water partition coefficient (Wildman–Crippen LogP) is 2.19. The van der Waals surface area contributed by atoms with Gasteiger partial charge in [0.1, 0.15) is 5.75 Å². The van der Waals surface area contributed by atoms with Crippen LogP contribution in [0.1, 0.15) is 5.56 Å². The summed E-state index contributed by atoms with van der Waals surface area (Å²) in [6.45, 7) is 0. The lowest BCUT2D eigenvalue weighted by Gasteiger charge is -2.12. The molecule has 0 aliphatic rings. The molecule has 0 saturated carbocycles. The Labute approximate surface area is 83.1 Å². The first kappa shape index (κ1) is 10.4. The molecule has 1 aromatic rings. The van der Waals surface area contributed by atoms with Gasteiger partial charge in [-0.05, 0) is 11.6 Å². The van der Waals surface area contributed by atoms with E-state index in [1.807, 2.05) is 12.1 Å². The van der Waals surface area contributed by atoms with Crippen LogP contribution < -0.4 is 0 Å². The SMILES string of the molecule is COC(CCl)Cc1ccccc1O. The van der Waals surface area contributed by atoms with Crippen molar-refractivity contribution in [3.63, 3.8) is 0 Å². The van der Waals surface area contributed by atoms with Crippen LogP contribution in [-0.4, -0.2) is 24.2 Å². The number of aromatic hydroxyl groups is 1. The molecule has 0 aromatic heterocycles. The van der Waals surface area contributed by atoms with Gasteiger partial charge in [-0.15, -0.1) is 11.6 Å². The van der Waals surface area contributed by atoms with Gasteiger partial charge < -0.3 is 9.84 Å². The minimum absolute atomic E-state index is 0.0324. The number of para-hydroxylation sites is 1. The van der Waals surface area contributed by atoms with Crippen molar-refractivity contribution < 1.29 is 9.84 Å². The Morgan fingerprint density at radius 3 is 2.69 bits per heavy atom. The normalized spacial score (nSPS) is 12.8. The van der Waals surface area contributed by atoms with Crippen LogP contribution in [0.25, 0.3) is 0 Å². The number of phenolic OH excluding ortho intramolecular Hbond substituents is 1. The smallest absolute Gasteiger partial charge is 0.118 e. The molecule has 1 rings (SSSR count). The Balaban J connectivity index is 2.67. The third-order valence-corrected chi connectivity index (χ3v) is 2.29. The number of methoxy groups -OCH3 is 1. The molecule has 13 heavy (non-hydrogen) atoms. The number of rotatable bonds is 4. The number of phenols is 1. The standard InChI is InChI=1S/C10H13ClO2/c1-13-9(7-11)6-8-4-2-3-5-10(8)12/h2-5,9,12H,6-7H2,1H3. The maximum Gasteiger partial charge on any atom is 0.118 e. The lowest BCUT2D eigenvalue weighted by molar-refractivity contribution is 0.121. The second kappa shape index (κ2) is 5.10. The molecule has 2 nitrogen and oxygen atoms in total. The molecule has 3 heteroatoms. The number of ether oxygens (including phenoxy) is 1. The minimum atomic E-state index is -0.0324. The van der Waals surface area contributed by atoms with Crippen LogP contribution in [-0.2, 0) is 11.2 Å². The summed E-state index contributed by atoms with van der Waals surface area (Å²) in [5.41, 5.74) is 0.870. The molecule has 1 atom stereocenters. The van der Waals surface area contributed by atoms with E-state index in [2.05, 4.69) is 0 Å². The first-order valence-electron chi connectivity index (χ1n) is 4.13.